The van der Waals surface area contributed by atoms with Crippen molar-refractivity contribution in [3.63, 3.8) is 0 Å². The summed E-state index contributed by atoms with van der Waals surface area (Å²) in [5, 5.41) is 14.5. The number of nitro groups is 1. The van der Waals surface area contributed by atoms with Crippen molar-refractivity contribution in [3.8, 4) is 0 Å². The van der Waals surface area contributed by atoms with Gasteiger partial charge >= 0.3 is 0 Å². The third kappa shape index (κ3) is 10.9. The van der Waals surface area contributed by atoms with Crippen LogP contribution in [0.25, 0.3) is 0 Å². The van der Waals surface area contributed by atoms with Crippen LogP contribution in [0.5, 0.6) is 0 Å². The molecule has 184 valence electrons. The number of rotatable bonds is 16. The van der Waals surface area contributed by atoms with E-state index in [1.54, 1.807) is 23.5 Å². The minimum Gasteiger partial charge on any atom is -0.464 e. The number of nitrogens with zero attached hydrogens (tertiary/aromatic N) is 3. The highest BCUT2D eigenvalue weighted by atomic mass is 32.2. The molecule has 0 fully saturated rings. The number of allylic oxidation sites excluding steroid dienone is 1. The van der Waals surface area contributed by atoms with E-state index in [1.807, 2.05) is 42.5 Å². The molecule has 0 aliphatic carbocycles. The Morgan fingerprint density at radius 3 is 2.39 bits per heavy atom. The van der Waals surface area contributed by atoms with Crippen molar-refractivity contribution in [3.05, 3.63) is 67.2 Å². The van der Waals surface area contributed by atoms with Gasteiger partial charge in [-0.25, -0.2) is 0 Å². The highest BCUT2D eigenvalue weighted by Gasteiger charge is 2.16. The van der Waals surface area contributed by atoms with Gasteiger partial charge in [0.25, 0.3) is 5.70 Å². The normalized spacial score (nSPS) is 12.4. The van der Waals surface area contributed by atoms with Crippen LogP contribution in [0.4, 0.5) is 0 Å². The fourth-order valence-electron chi connectivity index (χ4n) is 2.99. The lowest BCUT2D eigenvalue weighted by Gasteiger charge is -2.08. The highest BCUT2D eigenvalue weighted by molar-refractivity contribution is 7.98. The number of thioether (sulfide) groups is 2. The summed E-state index contributed by atoms with van der Waals surface area (Å²) in [4.78, 5) is 18.0. The molecule has 0 aromatic carbocycles. The van der Waals surface area contributed by atoms with E-state index in [4.69, 9.17) is 10.2 Å². The quantitative estimate of drug-likeness (QED) is 0.196. The van der Waals surface area contributed by atoms with Crippen LogP contribution in [0.15, 0.2) is 40.2 Å². The summed E-state index contributed by atoms with van der Waals surface area (Å²) in [5.41, 5.74) is 6.04. The number of nitrogens with two attached hydrogens (primary N) is 1. The van der Waals surface area contributed by atoms with E-state index in [-0.39, 0.29) is 16.4 Å². The van der Waals surface area contributed by atoms with Gasteiger partial charge in [-0.15, -0.1) is 11.3 Å². The lowest BCUT2D eigenvalue weighted by atomic mass is 10.3. The molecule has 0 saturated heterocycles. The smallest absolute Gasteiger partial charge is 0.286 e. The van der Waals surface area contributed by atoms with Crippen LogP contribution in [0.3, 0.4) is 0 Å². The standard InChI is InChI=1S/C22H35N5O3S3/c1-25(2)13-17-5-6-18(30-17)15-31-11-9-21(27(28)29)22(23)24-10-12-32-16-20-8-7-19(33-20)14-26(3)4/h5-8,24H,9-16,23H2,1-4H3. The minimum absolute atomic E-state index is 0.0480. The van der Waals surface area contributed by atoms with E-state index >= 15 is 0 Å². The number of hydrogen-bond donors (Lipinski definition) is 2. The van der Waals surface area contributed by atoms with Crippen LogP contribution >= 0.6 is 34.9 Å². The van der Waals surface area contributed by atoms with E-state index in [1.165, 1.54) is 9.75 Å². The molecule has 0 aliphatic heterocycles. The van der Waals surface area contributed by atoms with Gasteiger partial charge in [0.15, 0.2) is 5.82 Å². The lowest BCUT2D eigenvalue weighted by Crippen LogP contribution is -2.26. The van der Waals surface area contributed by atoms with Crippen molar-refractivity contribution in [2.45, 2.75) is 31.0 Å². The Balaban J connectivity index is 1.68. The zero-order valence-corrected chi connectivity index (χ0v) is 22.3. The molecule has 2 aromatic rings. The first-order valence-corrected chi connectivity index (χ1v) is 13.8. The maximum absolute atomic E-state index is 11.5. The summed E-state index contributed by atoms with van der Waals surface area (Å²) >= 11 is 5.23. The van der Waals surface area contributed by atoms with E-state index in [2.05, 4.69) is 36.4 Å². The van der Waals surface area contributed by atoms with Crippen LogP contribution in [-0.4, -0.2) is 61.0 Å². The zero-order chi connectivity index (χ0) is 24.2. The predicted molar refractivity (Wildman–Crippen MR) is 141 cm³/mol. The van der Waals surface area contributed by atoms with Gasteiger partial charge in [0.05, 0.1) is 23.6 Å². The Bertz CT molecular complexity index is 895. The first-order valence-electron chi connectivity index (χ1n) is 10.7. The third-order valence-electron chi connectivity index (χ3n) is 4.44. The summed E-state index contributed by atoms with van der Waals surface area (Å²) in [5.74, 6) is 5.01. The summed E-state index contributed by atoms with van der Waals surface area (Å²) in [6.45, 7) is 2.31. The largest absolute Gasteiger partial charge is 0.464 e. The summed E-state index contributed by atoms with van der Waals surface area (Å²) in [7, 11) is 8.12. The average Bonchev–Trinajstić information content (AvgIpc) is 3.35. The molecule has 0 aliphatic rings. The molecule has 11 heteroatoms. The Morgan fingerprint density at radius 2 is 1.70 bits per heavy atom. The fraction of sp³-hybridized carbons (Fsp3) is 0.545. The SMILES string of the molecule is CN(C)Cc1ccc(CSCCC(=C(N)NCCSCc2ccc(CN(C)C)s2)[N+](=O)[O-])o1. The molecule has 33 heavy (non-hydrogen) atoms. The van der Waals surface area contributed by atoms with E-state index < -0.39 is 0 Å². The number of thiophene rings is 1. The maximum atomic E-state index is 11.5. The van der Waals surface area contributed by atoms with Crippen LogP contribution in [0.2, 0.25) is 0 Å². The molecular formula is C22H35N5O3S3. The molecule has 2 aromatic heterocycles. The number of nitrogens with one attached hydrogen (secondary N) is 1. The summed E-state index contributed by atoms with van der Waals surface area (Å²) < 4.78 is 5.77. The summed E-state index contributed by atoms with van der Waals surface area (Å²) in [6.07, 6.45) is 0.304. The number of hydrogen-bond acceptors (Lipinski definition) is 10. The molecule has 0 spiro atoms. The van der Waals surface area contributed by atoms with Gasteiger partial charge in [-0.05, 0) is 52.5 Å². The topological polar surface area (TPSA) is 101 Å². The van der Waals surface area contributed by atoms with Crippen LogP contribution in [-0.2, 0) is 24.6 Å². The molecule has 8 nitrogen and oxygen atoms in total. The summed E-state index contributed by atoms with van der Waals surface area (Å²) in [6, 6.07) is 8.28. The third-order valence-corrected chi connectivity index (χ3v) is 7.69. The Kier molecular flexibility index (Phi) is 12.2. The first-order chi connectivity index (χ1) is 15.7. The van der Waals surface area contributed by atoms with Gasteiger partial charge in [-0.2, -0.15) is 23.5 Å². The minimum atomic E-state index is -0.379. The van der Waals surface area contributed by atoms with Crippen molar-refractivity contribution in [2.24, 2.45) is 5.73 Å². The van der Waals surface area contributed by atoms with Crippen molar-refractivity contribution in [1.29, 1.82) is 0 Å². The molecule has 2 heterocycles. The van der Waals surface area contributed by atoms with Gasteiger partial charge in [0, 0.05) is 40.1 Å². The molecule has 0 saturated carbocycles. The van der Waals surface area contributed by atoms with Gasteiger partial charge in [-0.1, -0.05) is 0 Å². The van der Waals surface area contributed by atoms with Crippen LogP contribution < -0.4 is 11.1 Å². The van der Waals surface area contributed by atoms with Gasteiger partial charge in [0.1, 0.15) is 11.5 Å². The van der Waals surface area contributed by atoms with Crippen LogP contribution in [0, 0.1) is 10.1 Å². The molecule has 0 atom stereocenters. The maximum Gasteiger partial charge on any atom is 0.286 e. The fourth-order valence-corrected chi connectivity index (χ4v) is 5.94. The van der Waals surface area contributed by atoms with Gasteiger partial charge in [0.2, 0.25) is 0 Å². The molecule has 3 N–H and O–H groups in total. The zero-order valence-electron chi connectivity index (χ0n) is 19.8. The Labute approximate surface area is 209 Å². The monoisotopic (exact) mass is 513 g/mol. The molecule has 0 radical (unpaired) electrons. The van der Waals surface area contributed by atoms with Crippen molar-refractivity contribution >= 4 is 34.9 Å². The van der Waals surface area contributed by atoms with Crippen molar-refractivity contribution in [1.82, 2.24) is 15.1 Å². The van der Waals surface area contributed by atoms with E-state index in [0.29, 0.717) is 24.5 Å². The average molecular weight is 514 g/mol. The Morgan fingerprint density at radius 1 is 1.03 bits per heavy atom. The second kappa shape index (κ2) is 14.6. The van der Waals surface area contributed by atoms with Crippen LogP contribution in [0.1, 0.15) is 27.7 Å². The predicted octanol–water partition coefficient (Wildman–Crippen LogP) is 4.02. The number of furan rings is 1. The second-order valence-electron chi connectivity index (χ2n) is 8.11. The lowest BCUT2D eigenvalue weighted by molar-refractivity contribution is -0.429. The molecule has 0 unspecified atom stereocenters. The molecule has 2 rings (SSSR count). The van der Waals surface area contributed by atoms with Gasteiger partial charge in [-0.3, -0.25) is 10.1 Å². The van der Waals surface area contributed by atoms with Crippen molar-refractivity contribution < 1.29 is 9.34 Å². The first kappa shape index (κ1) is 27.6. The Hall–Kier alpha value is -1.66. The van der Waals surface area contributed by atoms with E-state index in [9.17, 15) is 10.1 Å². The van der Waals surface area contributed by atoms with Crippen molar-refractivity contribution in [2.75, 3.05) is 46.2 Å². The molecule has 0 bridgehead atoms. The molecular weight excluding hydrogens is 478 g/mol. The highest BCUT2D eigenvalue weighted by Crippen LogP contribution is 2.22. The van der Waals surface area contributed by atoms with E-state index in [0.717, 1.165) is 36.1 Å². The molecule has 0 amide bonds. The second-order valence-corrected chi connectivity index (χ2v) is 11.6. The van der Waals surface area contributed by atoms with Gasteiger partial charge < -0.3 is 25.3 Å².